The topological polar surface area (TPSA) is 218 Å². The van der Waals surface area contributed by atoms with Gasteiger partial charge in [-0.25, -0.2) is 17.5 Å². The summed E-state index contributed by atoms with van der Waals surface area (Å²) in [5.74, 6) is -4.73. The van der Waals surface area contributed by atoms with Crippen molar-refractivity contribution in [3.8, 4) is 0 Å². The Morgan fingerprint density at radius 3 is 2.42 bits per heavy atom. The lowest BCUT2D eigenvalue weighted by Crippen LogP contribution is -2.60. The summed E-state index contributed by atoms with van der Waals surface area (Å²) < 4.78 is 71.9. The third-order valence-corrected chi connectivity index (χ3v) is 14.8. The minimum atomic E-state index is -3.37. The summed E-state index contributed by atoms with van der Waals surface area (Å²) in [5, 5.41) is 35.8. The van der Waals surface area contributed by atoms with Gasteiger partial charge in [-0.2, -0.15) is 0 Å². The van der Waals surface area contributed by atoms with Gasteiger partial charge >= 0.3 is 5.97 Å². The maximum Gasteiger partial charge on any atom is 0.316 e. The second-order valence-electron chi connectivity index (χ2n) is 19.4. The van der Waals surface area contributed by atoms with Gasteiger partial charge in [0.15, 0.2) is 21.9 Å². The summed E-state index contributed by atoms with van der Waals surface area (Å²) >= 11 is 0. The van der Waals surface area contributed by atoms with Gasteiger partial charge in [0.2, 0.25) is 5.91 Å². The van der Waals surface area contributed by atoms with Crippen LogP contribution >= 0.6 is 0 Å². The number of aliphatic hydroxyl groups is 2. The number of halogens is 1. The Morgan fingerprint density at radius 1 is 1.13 bits per heavy atom. The van der Waals surface area contributed by atoms with Crippen molar-refractivity contribution in [2.45, 2.75) is 159 Å². The smallest absolute Gasteiger partial charge is 0.316 e. The number of alkyl halides is 1. The largest absolute Gasteiger partial charge is 0.459 e. The van der Waals surface area contributed by atoms with E-state index in [1.807, 2.05) is 32.7 Å². The van der Waals surface area contributed by atoms with Gasteiger partial charge in [-0.05, 0) is 84.2 Å². The van der Waals surface area contributed by atoms with Crippen molar-refractivity contribution in [2.24, 2.45) is 17.8 Å². The fourth-order valence-corrected chi connectivity index (χ4v) is 10.4. The van der Waals surface area contributed by atoms with E-state index < -0.39 is 106 Å². The number of ether oxygens (including phenoxy) is 5. The predicted molar refractivity (Wildman–Crippen MR) is 246 cm³/mol. The monoisotopic (exact) mass is 961 g/mol. The summed E-state index contributed by atoms with van der Waals surface area (Å²) in [6.07, 6.45) is -2.04. The molecule has 0 saturated carbocycles. The third-order valence-electron chi connectivity index (χ3n) is 13.6. The average Bonchev–Trinajstić information content (AvgIpc) is 3.74. The van der Waals surface area contributed by atoms with Gasteiger partial charge in [0.1, 0.15) is 30.4 Å². The standard InChI is InChI=1S/C48H72FN5O12S/c1-13-39-48(10,59)44-30(5)40(50-33(8)55)28(3)22-47(9,63-26-27(2)25-62-44)43(31(6)41(56)32(7)45(58)65-39)66-46-42(57)38(20-29(4)64-46)53(11)19-18-35-24-54(52-51-35)36(23-49)21-34-14-16-37(17-15-34)67(12,60)61/h14-17,24,29-32,36,38-39,42-44,46,57,59H,2,13,18-23,25-26H2,1,3-12H3,(H,50,55)/b40-28+/t29-,30+,31+,32-,36+,38+,39-,42-,43-,44-,46+,47-,48-/m1/s1. The SMILES string of the molecule is C=C1CO[C@@H]2[C@@H](C)/C(NC(C)=O)=C(/C)C[C@@](C)(OC1)[C@H](O[C@@H]1O[C@H](C)C[C@H](N(C)CCc3cn([C@H](CF)Cc4ccc(S(C)(=O)=O)cc4)nn3)[C@H]1O)[C@@H](C)C(=O)[C@@H](C)C(=O)O[C@H](CC)[C@@]2(C)O. The second kappa shape index (κ2) is 22.2. The number of cyclic esters (lactones) is 1. The van der Waals surface area contributed by atoms with Crippen LogP contribution in [-0.4, -0.2) is 150 Å². The molecule has 374 valence electrons. The first kappa shape index (κ1) is 54.0. The number of hydrogen-bond acceptors (Lipinski definition) is 15. The lowest BCUT2D eigenvalue weighted by atomic mass is 9.77. The van der Waals surface area contributed by atoms with Crippen molar-refractivity contribution in [2.75, 3.05) is 39.7 Å². The number of rotatable bonds is 13. The van der Waals surface area contributed by atoms with E-state index in [2.05, 4.69) is 22.2 Å². The molecular weight excluding hydrogens is 890 g/mol. The number of nitrogens with zero attached hydrogens (tertiary/aromatic N) is 4. The van der Waals surface area contributed by atoms with Crippen molar-refractivity contribution in [3.63, 3.8) is 0 Å². The van der Waals surface area contributed by atoms with E-state index in [4.69, 9.17) is 23.7 Å². The zero-order valence-electron chi connectivity index (χ0n) is 40.9. The summed E-state index contributed by atoms with van der Waals surface area (Å²) in [6.45, 7) is 18.8. The van der Waals surface area contributed by atoms with Gasteiger partial charge in [-0.1, -0.05) is 50.3 Å². The molecule has 3 aliphatic rings. The zero-order chi connectivity index (χ0) is 49.8. The molecular formula is C48H72FN5O12S. The molecule has 13 atom stereocenters. The van der Waals surface area contributed by atoms with E-state index in [0.717, 1.165) is 11.8 Å². The number of esters is 1. The van der Waals surface area contributed by atoms with Crippen LogP contribution in [0, 0.1) is 17.8 Å². The first-order valence-electron chi connectivity index (χ1n) is 23.1. The molecule has 0 spiro atoms. The van der Waals surface area contributed by atoms with Crippen molar-refractivity contribution in [1.82, 2.24) is 25.2 Å². The molecule has 3 aliphatic heterocycles. The quantitative estimate of drug-likeness (QED) is 0.145. The van der Waals surface area contributed by atoms with Gasteiger partial charge in [0.05, 0.1) is 53.8 Å². The van der Waals surface area contributed by atoms with Crippen LogP contribution in [0.3, 0.4) is 0 Å². The summed E-state index contributed by atoms with van der Waals surface area (Å²) in [4.78, 5) is 43.4. The van der Waals surface area contributed by atoms with Crippen LogP contribution in [0.25, 0.3) is 0 Å². The fourth-order valence-electron chi connectivity index (χ4n) is 9.78. The number of carbonyl (C=O) groups excluding carboxylic acids is 3. The highest BCUT2D eigenvalue weighted by Crippen LogP contribution is 2.41. The fraction of sp³-hybridized carbons (Fsp3) is 0.688. The lowest BCUT2D eigenvalue weighted by Gasteiger charge is -2.47. The molecule has 1 saturated heterocycles. The van der Waals surface area contributed by atoms with E-state index in [0.29, 0.717) is 41.9 Å². The number of Topliss-reactive ketones (excluding diaryl/α,β-unsaturated/α-hetero) is 1. The van der Waals surface area contributed by atoms with Crippen LogP contribution in [0.5, 0.6) is 0 Å². The van der Waals surface area contributed by atoms with Crippen LogP contribution in [0.4, 0.5) is 4.39 Å². The molecule has 1 aromatic heterocycles. The number of amides is 1. The second-order valence-corrected chi connectivity index (χ2v) is 21.4. The molecule has 2 aromatic rings. The molecule has 17 nitrogen and oxygen atoms in total. The number of nitrogens with one attached hydrogen (secondary N) is 1. The van der Waals surface area contributed by atoms with E-state index in [1.165, 1.54) is 37.6 Å². The maximum absolute atomic E-state index is 14.5. The van der Waals surface area contributed by atoms with Crippen molar-refractivity contribution < 1.29 is 61.1 Å². The number of aliphatic hydroxyl groups excluding tert-OH is 1. The number of carbonyl (C=O) groups is 3. The molecule has 0 aliphatic carbocycles. The zero-order valence-corrected chi connectivity index (χ0v) is 41.7. The lowest BCUT2D eigenvalue weighted by molar-refractivity contribution is -0.296. The first-order chi connectivity index (χ1) is 31.3. The van der Waals surface area contributed by atoms with E-state index >= 15 is 0 Å². The molecule has 3 N–H and O–H groups in total. The maximum atomic E-state index is 14.5. The van der Waals surface area contributed by atoms with Crippen LogP contribution in [-0.2, 0) is 60.7 Å². The molecule has 0 radical (unpaired) electrons. The highest BCUT2D eigenvalue weighted by atomic mass is 32.2. The van der Waals surface area contributed by atoms with E-state index in [9.17, 15) is 37.4 Å². The minimum Gasteiger partial charge on any atom is -0.459 e. The summed E-state index contributed by atoms with van der Waals surface area (Å²) in [5.41, 5.74) is -0.217. The summed E-state index contributed by atoms with van der Waals surface area (Å²) in [7, 11) is -1.52. The molecule has 1 aromatic carbocycles. The van der Waals surface area contributed by atoms with Gasteiger partial charge in [0, 0.05) is 62.3 Å². The number of benzene rings is 1. The number of ketones is 1. The molecule has 5 rings (SSSR count). The molecule has 4 heterocycles. The highest BCUT2D eigenvalue weighted by Gasteiger charge is 2.52. The third kappa shape index (κ3) is 12.8. The van der Waals surface area contributed by atoms with Gasteiger partial charge < -0.3 is 44.1 Å². The molecule has 0 unspecified atom stereocenters. The number of fused-ring (bicyclic) bond motifs is 4. The molecule has 1 fully saturated rings. The van der Waals surface area contributed by atoms with Crippen molar-refractivity contribution in [3.05, 3.63) is 65.1 Å². The van der Waals surface area contributed by atoms with Gasteiger partial charge in [-0.15, -0.1) is 5.10 Å². The Balaban J connectivity index is 1.44. The van der Waals surface area contributed by atoms with Crippen LogP contribution in [0.2, 0.25) is 0 Å². The Morgan fingerprint density at radius 2 is 1.81 bits per heavy atom. The predicted octanol–water partition coefficient (Wildman–Crippen LogP) is 4.25. The first-order valence-corrected chi connectivity index (χ1v) is 25.0. The Labute approximate surface area is 394 Å². The summed E-state index contributed by atoms with van der Waals surface area (Å²) in [6, 6.07) is 5.15. The van der Waals surface area contributed by atoms with Gasteiger partial charge in [-0.3, -0.25) is 14.4 Å². The van der Waals surface area contributed by atoms with Crippen molar-refractivity contribution >= 4 is 27.5 Å². The number of hydrogen-bond donors (Lipinski definition) is 3. The van der Waals surface area contributed by atoms with Crippen LogP contribution < -0.4 is 5.32 Å². The molecule has 1 amide bonds. The van der Waals surface area contributed by atoms with Gasteiger partial charge in [0.25, 0.3) is 0 Å². The normalized spacial score (nSPS) is 34.5. The van der Waals surface area contributed by atoms with E-state index in [-0.39, 0.29) is 43.3 Å². The Kier molecular flexibility index (Phi) is 17.9. The Bertz CT molecular complexity index is 2220. The van der Waals surface area contributed by atoms with Crippen molar-refractivity contribution in [1.29, 1.82) is 0 Å². The molecule has 67 heavy (non-hydrogen) atoms. The van der Waals surface area contributed by atoms with Crippen LogP contribution in [0.1, 0.15) is 98.9 Å². The van der Waals surface area contributed by atoms with E-state index in [1.54, 1.807) is 39.1 Å². The number of likely N-dealkylation sites (N-methyl/N-ethyl adjacent to an activating group) is 1. The Hall–Kier alpha value is -3.95. The number of aromatic nitrogens is 3. The highest BCUT2D eigenvalue weighted by molar-refractivity contribution is 7.90. The molecule has 19 heteroatoms. The van der Waals surface area contributed by atoms with Crippen LogP contribution in [0.15, 0.2) is 58.8 Å². The number of sulfone groups is 1. The molecule has 2 bridgehead atoms. The minimum absolute atomic E-state index is 0.0452. The average molecular weight is 962 g/mol.